The van der Waals surface area contributed by atoms with Gasteiger partial charge in [0, 0.05) is 10.9 Å². The number of nitrogens with one attached hydrogen (secondary N) is 1. The Morgan fingerprint density at radius 3 is 2.44 bits per heavy atom. The molecule has 0 aliphatic heterocycles. The molecule has 8 heteroatoms. The van der Waals surface area contributed by atoms with Crippen LogP contribution in [0.2, 0.25) is 0 Å². The number of fused-ring (bicyclic) bond motifs is 1. The Bertz CT molecular complexity index is 1020. The number of thiophene rings is 1. The molecule has 0 bridgehead atoms. The predicted octanol–water partition coefficient (Wildman–Crippen LogP) is 2.92. The molecule has 0 radical (unpaired) electrons. The third kappa shape index (κ3) is 3.29. The predicted molar refractivity (Wildman–Crippen MR) is 100 cm³/mol. The fraction of sp³-hybridized carbons (Fsp3) is 0.118. The molecular formula is C17H15ClN2O4S. The number of aromatic amines is 1. The van der Waals surface area contributed by atoms with Gasteiger partial charge in [0.1, 0.15) is 15.3 Å². The molecule has 2 heterocycles. The number of hydrogen-bond donors (Lipinski definition) is 2. The largest absolute Gasteiger partial charge is 0.465 e. The Balaban J connectivity index is 0.00000225. The molecule has 0 aliphatic rings. The molecular weight excluding hydrogens is 364 g/mol. The highest BCUT2D eigenvalue weighted by Gasteiger charge is 2.21. The highest BCUT2D eigenvalue weighted by atomic mass is 35.5. The second kappa shape index (κ2) is 7.08. The first-order chi connectivity index (χ1) is 11.4. The highest BCUT2D eigenvalue weighted by Crippen LogP contribution is 2.33. The molecule has 25 heavy (non-hydrogen) atoms. The molecule has 0 atom stereocenters. The molecule has 0 aliphatic carbocycles. The number of nitrogen functional groups attached to an aromatic ring is 1. The van der Waals surface area contributed by atoms with Crippen LogP contribution in [0.25, 0.3) is 10.2 Å². The van der Waals surface area contributed by atoms with Gasteiger partial charge in [0.25, 0.3) is 5.56 Å². The van der Waals surface area contributed by atoms with Crippen LogP contribution >= 0.6 is 23.7 Å². The zero-order valence-corrected chi connectivity index (χ0v) is 15.0. The topological polar surface area (TPSA) is 102 Å². The van der Waals surface area contributed by atoms with Gasteiger partial charge in [-0.2, -0.15) is 0 Å². The summed E-state index contributed by atoms with van der Waals surface area (Å²) in [5.74, 6) is -0.982. The molecule has 3 N–H and O–H groups in total. The SMILES string of the molecule is COC(=O)c1cc2c(N)c(C(=O)c3ccc(C)cc3)sc2[nH]c1=O.Cl. The van der Waals surface area contributed by atoms with Crippen molar-refractivity contribution in [2.45, 2.75) is 6.92 Å². The summed E-state index contributed by atoms with van der Waals surface area (Å²) in [6, 6.07) is 8.49. The number of methoxy groups -OCH3 is 1. The fourth-order valence-corrected chi connectivity index (χ4v) is 3.40. The van der Waals surface area contributed by atoms with Crippen molar-refractivity contribution < 1.29 is 14.3 Å². The van der Waals surface area contributed by atoms with E-state index in [1.807, 2.05) is 19.1 Å². The number of nitrogens with two attached hydrogens (primary N) is 1. The van der Waals surface area contributed by atoms with E-state index < -0.39 is 11.5 Å². The summed E-state index contributed by atoms with van der Waals surface area (Å²) in [5.41, 5.74) is 7.15. The maximum atomic E-state index is 12.7. The van der Waals surface area contributed by atoms with Crippen LogP contribution in [0.5, 0.6) is 0 Å². The quantitative estimate of drug-likeness (QED) is 0.539. The van der Waals surface area contributed by atoms with Crippen LogP contribution in [0.3, 0.4) is 0 Å². The van der Waals surface area contributed by atoms with Gasteiger partial charge in [-0.3, -0.25) is 9.59 Å². The number of benzene rings is 1. The monoisotopic (exact) mass is 378 g/mol. The molecule has 0 amide bonds. The van der Waals surface area contributed by atoms with E-state index in [9.17, 15) is 14.4 Å². The number of hydrogen-bond acceptors (Lipinski definition) is 6. The van der Waals surface area contributed by atoms with Crippen molar-refractivity contribution in [3.63, 3.8) is 0 Å². The molecule has 0 spiro atoms. The molecule has 0 fully saturated rings. The van der Waals surface area contributed by atoms with E-state index in [-0.39, 0.29) is 29.4 Å². The van der Waals surface area contributed by atoms with Crippen molar-refractivity contribution in [3.8, 4) is 0 Å². The second-order valence-electron chi connectivity index (χ2n) is 5.29. The van der Waals surface area contributed by atoms with E-state index >= 15 is 0 Å². The smallest absolute Gasteiger partial charge is 0.343 e. The van der Waals surface area contributed by atoms with Crippen molar-refractivity contribution in [2.75, 3.05) is 12.8 Å². The minimum absolute atomic E-state index is 0. The summed E-state index contributed by atoms with van der Waals surface area (Å²) < 4.78 is 4.58. The van der Waals surface area contributed by atoms with Crippen LogP contribution in [0.15, 0.2) is 35.1 Å². The summed E-state index contributed by atoms with van der Waals surface area (Å²) in [6.07, 6.45) is 0. The van der Waals surface area contributed by atoms with Gasteiger partial charge in [-0.15, -0.1) is 23.7 Å². The lowest BCUT2D eigenvalue weighted by Gasteiger charge is -2.01. The Morgan fingerprint density at radius 2 is 1.84 bits per heavy atom. The summed E-state index contributed by atoms with van der Waals surface area (Å²) in [7, 11) is 1.19. The number of esters is 1. The number of rotatable bonds is 3. The molecule has 1 aromatic carbocycles. The van der Waals surface area contributed by atoms with Crippen LogP contribution in [0, 0.1) is 6.92 Å². The number of anilines is 1. The Hall–Kier alpha value is -2.64. The summed E-state index contributed by atoms with van der Waals surface area (Å²) in [6.45, 7) is 1.93. The zero-order chi connectivity index (χ0) is 17.4. The second-order valence-corrected chi connectivity index (χ2v) is 6.31. The number of aromatic nitrogens is 1. The maximum Gasteiger partial charge on any atom is 0.343 e. The van der Waals surface area contributed by atoms with E-state index in [2.05, 4.69) is 9.72 Å². The average Bonchev–Trinajstić information content (AvgIpc) is 2.89. The number of carbonyl (C=O) groups excluding carboxylic acids is 2. The van der Waals surface area contributed by atoms with E-state index in [0.29, 0.717) is 20.7 Å². The Labute approximate surface area is 153 Å². The number of pyridine rings is 1. The third-order valence-electron chi connectivity index (χ3n) is 3.67. The lowest BCUT2D eigenvalue weighted by Crippen LogP contribution is -2.18. The normalized spacial score (nSPS) is 10.3. The highest BCUT2D eigenvalue weighted by molar-refractivity contribution is 7.21. The number of halogens is 1. The molecule has 6 nitrogen and oxygen atoms in total. The number of ether oxygens (including phenoxy) is 1. The number of aryl methyl sites for hydroxylation is 1. The maximum absolute atomic E-state index is 12.7. The van der Waals surface area contributed by atoms with Crippen LogP contribution < -0.4 is 11.3 Å². The molecule has 2 aromatic heterocycles. The number of carbonyl (C=O) groups is 2. The Kier molecular flexibility index (Phi) is 5.30. The minimum Gasteiger partial charge on any atom is -0.465 e. The standard InChI is InChI=1S/C17H14N2O4S.ClH/c1-8-3-5-9(6-4-8)13(20)14-12(18)10-7-11(17(22)23-2)15(21)19-16(10)24-14;/h3-7H,18H2,1-2H3,(H,19,21);1H. The van der Waals surface area contributed by atoms with Crippen LogP contribution in [-0.4, -0.2) is 23.8 Å². The lowest BCUT2D eigenvalue weighted by molar-refractivity contribution is 0.0599. The van der Waals surface area contributed by atoms with Gasteiger partial charge in [0.2, 0.25) is 5.78 Å². The molecule has 130 valence electrons. The van der Waals surface area contributed by atoms with E-state index in [0.717, 1.165) is 16.9 Å². The van der Waals surface area contributed by atoms with Crippen molar-refractivity contribution in [1.29, 1.82) is 0 Å². The molecule has 0 saturated heterocycles. The van der Waals surface area contributed by atoms with Gasteiger partial charge < -0.3 is 15.5 Å². The molecule has 3 rings (SSSR count). The minimum atomic E-state index is -0.754. The van der Waals surface area contributed by atoms with Gasteiger partial charge in [-0.25, -0.2) is 4.79 Å². The summed E-state index contributed by atoms with van der Waals surface area (Å²) in [4.78, 5) is 39.6. The molecule has 3 aromatic rings. The van der Waals surface area contributed by atoms with Crippen LogP contribution in [0.4, 0.5) is 5.69 Å². The van der Waals surface area contributed by atoms with Gasteiger partial charge in [-0.1, -0.05) is 29.8 Å². The van der Waals surface area contributed by atoms with Crippen LogP contribution in [-0.2, 0) is 4.74 Å². The summed E-state index contributed by atoms with van der Waals surface area (Å²) in [5, 5.41) is 0.454. The first-order valence-corrected chi connectivity index (χ1v) is 7.89. The molecule has 0 saturated carbocycles. The van der Waals surface area contributed by atoms with Crippen molar-refractivity contribution in [2.24, 2.45) is 0 Å². The van der Waals surface area contributed by atoms with Crippen molar-refractivity contribution >= 4 is 51.4 Å². The Morgan fingerprint density at radius 1 is 1.20 bits per heavy atom. The van der Waals surface area contributed by atoms with Gasteiger partial charge in [-0.05, 0) is 13.0 Å². The third-order valence-corrected chi connectivity index (χ3v) is 4.80. The van der Waals surface area contributed by atoms with Crippen LogP contribution in [0.1, 0.15) is 31.2 Å². The van der Waals surface area contributed by atoms with Gasteiger partial charge >= 0.3 is 5.97 Å². The van der Waals surface area contributed by atoms with E-state index in [1.165, 1.54) is 13.2 Å². The molecule has 0 unspecified atom stereocenters. The van der Waals surface area contributed by atoms with Crippen molar-refractivity contribution in [1.82, 2.24) is 4.98 Å². The fourth-order valence-electron chi connectivity index (χ4n) is 2.34. The van der Waals surface area contributed by atoms with E-state index in [1.54, 1.807) is 12.1 Å². The zero-order valence-electron chi connectivity index (χ0n) is 13.4. The lowest BCUT2D eigenvalue weighted by atomic mass is 10.1. The first kappa shape index (κ1) is 18.7. The number of H-pyrrole nitrogens is 1. The van der Waals surface area contributed by atoms with Crippen molar-refractivity contribution in [3.05, 3.63) is 62.3 Å². The first-order valence-electron chi connectivity index (χ1n) is 7.07. The van der Waals surface area contributed by atoms with Gasteiger partial charge in [0.05, 0.1) is 12.8 Å². The van der Waals surface area contributed by atoms with E-state index in [4.69, 9.17) is 5.73 Å². The number of ketones is 1. The average molecular weight is 379 g/mol. The summed E-state index contributed by atoms with van der Waals surface area (Å²) >= 11 is 1.09. The van der Waals surface area contributed by atoms with Gasteiger partial charge in [0.15, 0.2) is 0 Å².